The predicted octanol–water partition coefficient (Wildman–Crippen LogP) is 5.71. The van der Waals surface area contributed by atoms with E-state index in [-0.39, 0.29) is 60.7 Å². The summed E-state index contributed by atoms with van der Waals surface area (Å²) in [5, 5.41) is 23.2. The first-order valence-electron chi connectivity index (χ1n) is 25.0. The summed E-state index contributed by atoms with van der Waals surface area (Å²) < 4.78 is 31.6. The van der Waals surface area contributed by atoms with Gasteiger partial charge in [0.15, 0.2) is 5.82 Å². The average Bonchev–Trinajstić information content (AvgIpc) is 4.01. The number of ether oxygens (including phenoxy) is 1. The number of benzene rings is 3. The summed E-state index contributed by atoms with van der Waals surface area (Å²) in [5.41, 5.74) is 7.39. The van der Waals surface area contributed by atoms with Crippen molar-refractivity contribution in [1.29, 1.82) is 0 Å². The number of piperazine rings is 1. The van der Waals surface area contributed by atoms with Crippen molar-refractivity contribution in [3.63, 3.8) is 0 Å². The maximum absolute atomic E-state index is 14.0. The zero-order chi connectivity index (χ0) is 52.7. The molecule has 22 heteroatoms. The fourth-order valence-corrected chi connectivity index (χ4v) is 11.2. The average molecular weight is 1070 g/mol. The number of piperidine rings is 1. The number of anilines is 6. The van der Waals surface area contributed by atoms with Crippen LogP contribution in [0.15, 0.2) is 78.4 Å². The number of thiazole rings is 1. The lowest BCUT2D eigenvalue weighted by Crippen LogP contribution is -2.56. The van der Waals surface area contributed by atoms with Gasteiger partial charge in [-0.1, -0.05) is 61.8 Å². The Morgan fingerprint density at radius 3 is 2.35 bits per heavy atom. The molecule has 3 aliphatic rings. The predicted molar refractivity (Wildman–Crippen MR) is 291 cm³/mol. The molecule has 5 aromatic rings. The van der Waals surface area contributed by atoms with Crippen molar-refractivity contribution < 1.29 is 32.6 Å². The van der Waals surface area contributed by atoms with Crippen molar-refractivity contribution in [2.24, 2.45) is 11.8 Å². The lowest BCUT2D eigenvalue weighted by molar-refractivity contribution is -0.142. The normalized spacial score (nSPS) is 18.3. The number of carbonyl (C=O) groups is 3. The molecule has 0 unspecified atom stereocenters. The zero-order valence-electron chi connectivity index (χ0n) is 42.8. The summed E-state index contributed by atoms with van der Waals surface area (Å²) in [7, 11) is -0.425. The monoisotopic (exact) mass is 1070 g/mol. The molecular formula is C52H67ClN12O7S2. The number of aryl methyl sites for hydroxylation is 1. The summed E-state index contributed by atoms with van der Waals surface area (Å²) in [6, 6.07) is 19.2. The number of β-amino-alcohol motifs (C(OH)–C–C–N with tert-alkyl or cyclic N) is 1. The summed E-state index contributed by atoms with van der Waals surface area (Å²) in [4.78, 5) is 63.9. The third-order valence-electron chi connectivity index (χ3n) is 14.0. The molecule has 0 bridgehead atoms. The Labute approximate surface area is 442 Å². The van der Waals surface area contributed by atoms with Crippen LogP contribution in [0.1, 0.15) is 44.4 Å². The number of aliphatic hydroxyl groups excluding tert-OH is 1. The molecule has 19 nitrogen and oxygen atoms in total. The number of methoxy groups -OCH3 is 1. The molecular weight excluding hydrogens is 1000 g/mol. The van der Waals surface area contributed by atoms with E-state index in [1.54, 1.807) is 42.7 Å². The lowest BCUT2D eigenvalue weighted by atomic mass is 9.95. The number of sulfonamides is 1. The molecule has 8 rings (SSSR count). The van der Waals surface area contributed by atoms with Gasteiger partial charge in [0.05, 0.1) is 65.4 Å². The standard InChI is InChI=1S/C52H67ClN12O7S2/c1-33(2)47(51(69)65-30-39(66)26-44(65)50(68)54-27-35-11-13-37(14-12-35)48-34(3)56-32-73-48)59-46(67)31-62-19-17-36(18-20-62)29-63-21-23-64(24-22-63)38-15-16-42(45(25-38)72-5)58-52-55-28-40(53)49(60-52)57-41-9-7-8-10-43(41)61(4)74(6,70)71/h7-16,25,28,32-33,36,39,44,47,66H,17-24,26-27,29-31H2,1-6H3,(H,54,68)(H,59,67)(H2,55,57,58,60)/t39-,44-,47+/m1/s1. The van der Waals surface area contributed by atoms with Crippen LogP contribution in [0.25, 0.3) is 10.4 Å². The molecule has 3 aromatic carbocycles. The topological polar surface area (TPSA) is 218 Å². The number of nitrogens with zero attached hydrogens (tertiary/aromatic N) is 8. The Morgan fingerprint density at radius 2 is 1.68 bits per heavy atom. The lowest BCUT2D eigenvalue weighted by Gasteiger charge is -2.39. The van der Waals surface area contributed by atoms with Crippen LogP contribution in [-0.4, -0.2) is 158 Å². The highest BCUT2D eigenvalue weighted by Gasteiger charge is 2.42. The second-order valence-corrected chi connectivity index (χ2v) is 22.9. The van der Waals surface area contributed by atoms with E-state index in [1.165, 1.54) is 22.4 Å². The van der Waals surface area contributed by atoms with Crippen molar-refractivity contribution >= 4 is 85.2 Å². The highest BCUT2D eigenvalue weighted by molar-refractivity contribution is 7.92. The number of halogens is 1. The van der Waals surface area contributed by atoms with Crippen LogP contribution in [0.4, 0.5) is 34.5 Å². The number of para-hydroxylation sites is 2. The van der Waals surface area contributed by atoms with Crippen LogP contribution in [0.2, 0.25) is 5.02 Å². The summed E-state index contributed by atoms with van der Waals surface area (Å²) in [6.07, 6.45) is 3.83. The van der Waals surface area contributed by atoms with E-state index < -0.39 is 28.2 Å². The quantitative estimate of drug-likeness (QED) is 0.0670. The maximum atomic E-state index is 14.0. The van der Waals surface area contributed by atoms with Gasteiger partial charge in [0.1, 0.15) is 22.9 Å². The Balaban J connectivity index is 0.771. The summed E-state index contributed by atoms with van der Waals surface area (Å²) >= 11 is 8.07. The number of aliphatic hydroxyl groups is 1. The van der Waals surface area contributed by atoms with Crippen LogP contribution in [0.3, 0.4) is 0 Å². The van der Waals surface area contributed by atoms with Gasteiger partial charge >= 0.3 is 0 Å². The number of amides is 3. The third-order valence-corrected chi connectivity index (χ3v) is 16.5. The van der Waals surface area contributed by atoms with Gasteiger partial charge in [-0.15, -0.1) is 11.3 Å². The smallest absolute Gasteiger partial charge is 0.246 e. The van der Waals surface area contributed by atoms with E-state index in [1.807, 2.05) is 68.7 Å². The fraction of sp³-hybridized carbons (Fsp3) is 0.462. The highest BCUT2D eigenvalue weighted by atomic mass is 35.5. The number of carbonyl (C=O) groups excluding carboxylic acids is 3. The Bertz CT molecular complexity index is 2880. The number of nitrogens with one attached hydrogen (secondary N) is 4. The number of hydrogen-bond donors (Lipinski definition) is 5. The van der Waals surface area contributed by atoms with Gasteiger partial charge in [-0.25, -0.2) is 18.4 Å². The van der Waals surface area contributed by atoms with Gasteiger partial charge in [0.25, 0.3) is 0 Å². The number of hydrogen-bond acceptors (Lipinski definition) is 16. The van der Waals surface area contributed by atoms with E-state index >= 15 is 0 Å². The molecule has 2 aromatic heterocycles. The van der Waals surface area contributed by atoms with E-state index in [9.17, 15) is 27.9 Å². The SMILES string of the molecule is COc1cc(N2CCN(CC3CCN(CC(=O)N[C@H](C(=O)N4C[C@H](O)C[C@@H]4C(=O)NCc4ccc(-c5scnc5C)cc4)C(C)C)CC3)CC2)ccc1Nc1ncc(Cl)c(Nc2ccccc2N(C)S(C)(=O)=O)n1. The Morgan fingerprint density at radius 1 is 0.946 bits per heavy atom. The van der Waals surface area contributed by atoms with Crippen LogP contribution in [0.5, 0.6) is 5.75 Å². The van der Waals surface area contributed by atoms with Crippen molar-refractivity contribution in [3.8, 4) is 16.2 Å². The van der Waals surface area contributed by atoms with Crippen LogP contribution in [-0.2, 0) is 31.0 Å². The van der Waals surface area contributed by atoms with Gasteiger partial charge < -0.3 is 40.9 Å². The van der Waals surface area contributed by atoms with E-state index in [0.29, 0.717) is 34.5 Å². The van der Waals surface area contributed by atoms with Crippen molar-refractivity contribution in [1.82, 2.24) is 40.3 Å². The van der Waals surface area contributed by atoms with Crippen molar-refractivity contribution in [2.75, 3.05) is 99.2 Å². The first kappa shape index (κ1) is 54.2. The molecule has 5 heterocycles. The van der Waals surface area contributed by atoms with Gasteiger partial charge in [-0.3, -0.25) is 28.5 Å². The number of rotatable bonds is 19. The molecule has 0 spiro atoms. The minimum absolute atomic E-state index is 0.0273. The molecule has 5 N–H and O–H groups in total. The molecule has 3 amide bonds. The third kappa shape index (κ3) is 13.4. The molecule has 3 saturated heterocycles. The molecule has 0 radical (unpaired) electrons. The molecule has 0 saturated carbocycles. The zero-order valence-corrected chi connectivity index (χ0v) is 45.1. The molecule has 0 aliphatic carbocycles. The molecule has 3 fully saturated rings. The van der Waals surface area contributed by atoms with Gasteiger partial charge in [0.2, 0.25) is 33.7 Å². The Hall–Kier alpha value is -6.10. The van der Waals surface area contributed by atoms with Crippen LogP contribution in [0, 0.1) is 18.8 Å². The van der Waals surface area contributed by atoms with Crippen LogP contribution >= 0.6 is 22.9 Å². The van der Waals surface area contributed by atoms with Gasteiger partial charge in [0, 0.05) is 71.0 Å². The largest absolute Gasteiger partial charge is 0.494 e. The first-order valence-corrected chi connectivity index (χ1v) is 28.1. The minimum atomic E-state index is -3.52. The molecule has 3 atom stereocenters. The van der Waals surface area contributed by atoms with E-state index in [2.05, 4.69) is 50.9 Å². The highest BCUT2D eigenvalue weighted by Crippen LogP contribution is 2.35. The number of aromatic nitrogens is 3. The fourth-order valence-electron chi connectivity index (χ4n) is 9.74. The van der Waals surface area contributed by atoms with E-state index in [0.717, 1.165) is 92.3 Å². The number of likely N-dealkylation sites (tertiary alicyclic amines) is 2. The second kappa shape index (κ2) is 24.1. The molecule has 396 valence electrons. The van der Waals surface area contributed by atoms with E-state index in [4.69, 9.17) is 16.3 Å². The summed E-state index contributed by atoms with van der Waals surface area (Å²) in [5.74, 6) is 0.510. The molecule has 74 heavy (non-hydrogen) atoms. The minimum Gasteiger partial charge on any atom is -0.494 e. The van der Waals surface area contributed by atoms with Crippen LogP contribution < -0.4 is 35.2 Å². The van der Waals surface area contributed by atoms with Gasteiger partial charge in [-0.05, 0) is 80.1 Å². The van der Waals surface area contributed by atoms with Crippen molar-refractivity contribution in [3.05, 3.63) is 94.7 Å². The Kier molecular flexibility index (Phi) is 17.6. The maximum Gasteiger partial charge on any atom is 0.246 e. The summed E-state index contributed by atoms with van der Waals surface area (Å²) in [6.45, 7) is 12.3. The molecule has 3 aliphatic heterocycles. The van der Waals surface area contributed by atoms with Gasteiger partial charge in [-0.2, -0.15) is 4.98 Å². The van der Waals surface area contributed by atoms with Crippen molar-refractivity contribution in [2.45, 2.75) is 64.8 Å². The second-order valence-electron chi connectivity index (χ2n) is 19.6. The first-order chi connectivity index (χ1) is 35.4.